The molecule has 0 bridgehead atoms. The van der Waals surface area contributed by atoms with Gasteiger partial charge in [0.25, 0.3) is 0 Å². The molecule has 1 aliphatic rings. The summed E-state index contributed by atoms with van der Waals surface area (Å²) in [6, 6.07) is 3.75. The predicted molar refractivity (Wildman–Crippen MR) is 68.7 cm³/mol. The standard InChI is InChI=1S/C13H16FNO3S/c1-10-2-3-12(14)8-13(10)19(17,18)15-6-4-11(9-16)5-7-15/h2-3,8-9,11H,4-7H2,1H3. The summed E-state index contributed by atoms with van der Waals surface area (Å²) < 4.78 is 39.4. The predicted octanol–water partition coefficient (Wildman–Crippen LogP) is 1.73. The molecule has 1 fully saturated rings. The minimum absolute atomic E-state index is 0.0112. The van der Waals surface area contributed by atoms with Gasteiger partial charge in [-0.3, -0.25) is 0 Å². The summed E-state index contributed by atoms with van der Waals surface area (Å²) in [6.07, 6.45) is 1.92. The largest absolute Gasteiger partial charge is 0.303 e. The fourth-order valence-electron chi connectivity index (χ4n) is 2.24. The van der Waals surface area contributed by atoms with E-state index in [9.17, 15) is 17.6 Å². The van der Waals surface area contributed by atoms with Crippen molar-refractivity contribution in [2.45, 2.75) is 24.7 Å². The number of benzene rings is 1. The molecule has 1 saturated heterocycles. The number of carbonyl (C=O) groups excluding carboxylic acids is 1. The Kier molecular flexibility index (Phi) is 4.01. The van der Waals surface area contributed by atoms with E-state index in [0.717, 1.165) is 12.4 Å². The summed E-state index contributed by atoms with van der Waals surface area (Å²) in [6.45, 7) is 2.26. The van der Waals surface area contributed by atoms with Crippen LogP contribution in [-0.4, -0.2) is 32.1 Å². The summed E-state index contributed by atoms with van der Waals surface area (Å²) in [7, 11) is -3.67. The van der Waals surface area contributed by atoms with E-state index in [2.05, 4.69) is 0 Å². The normalized spacial score (nSPS) is 18.4. The molecule has 1 aromatic carbocycles. The lowest BCUT2D eigenvalue weighted by molar-refractivity contribution is -0.112. The lowest BCUT2D eigenvalue weighted by Gasteiger charge is -2.29. The Morgan fingerprint density at radius 2 is 1.95 bits per heavy atom. The molecule has 2 rings (SSSR count). The molecule has 19 heavy (non-hydrogen) atoms. The second-order valence-electron chi connectivity index (χ2n) is 4.79. The number of rotatable bonds is 3. The van der Waals surface area contributed by atoms with Gasteiger partial charge >= 0.3 is 0 Å². The Morgan fingerprint density at radius 3 is 2.53 bits per heavy atom. The van der Waals surface area contributed by atoms with Gasteiger partial charge in [0.1, 0.15) is 12.1 Å². The first kappa shape index (κ1) is 14.1. The highest BCUT2D eigenvalue weighted by Crippen LogP contribution is 2.25. The lowest BCUT2D eigenvalue weighted by Crippen LogP contribution is -2.39. The van der Waals surface area contributed by atoms with Crippen LogP contribution in [0.3, 0.4) is 0 Å². The van der Waals surface area contributed by atoms with Gasteiger partial charge in [0.05, 0.1) is 4.90 Å². The number of hydrogen-bond donors (Lipinski definition) is 0. The maximum atomic E-state index is 13.2. The van der Waals surface area contributed by atoms with E-state index >= 15 is 0 Å². The van der Waals surface area contributed by atoms with Crippen molar-refractivity contribution in [1.82, 2.24) is 4.31 Å². The summed E-state index contributed by atoms with van der Waals surface area (Å²) >= 11 is 0. The number of carbonyl (C=O) groups is 1. The van der Waals surface area contributed by atoms with Crippen LogP contribution in [0.1, 0.15) is 18.4 Å². The average Bonchev–Trinajstić information content (AvgIpc) is 2.41. The zero-order chi connectivity index (χ0) is 14.0. The van der Waals surface area contributed by atoms with E-state index in [1.807, 2.05) is 0 Å². The van der Waals surface area contributed by atoms with Crippen LogP contribution >= 0.6 is 0 Å². The number of halogens is 1. The van der Waals surface area contributed by atoms with Crippen molar-refractivity contribution in [3.05, 3.63) is 29.6 Å². The molecule has 0 aromatic heterocycles. The van der Waals surface area contributed by atoms with Crippen molar-refractivity contribution in [3.63, 3.8) is 0 Å². The second-order valence-corrected chi connectivity index (χ2v) is 6.69. The van der Waals surface area contributed by atoms with Gasteiger partial charge in [0, 0.05) is 19.0 Å². The fourth-order valence-corrected chi connectivity index (χ4v) is 3.95. The van der Waals surface area contributed by atoms with E-state index in [0.29, 0.717) is 31.5 Å². The number of sulfonamides is 1. The van der Waals surface area contributed by atoms with Crippen molar-refractivity contribution in [2.24, 2.45) is 5.92 Å². The van der Waals surface area contributed by atoms with Gasteiger partial charge in [-0.25, -0.2) is 12.8 Å². The third-order valence-electron chi connectivity index (χ3n) is 3.46. The quantitative estimate of drug-likeness (QED) is 0.795. The fraction of sp³-hybridized carbons (Fsp3) is 0.462. The SMILES string of the molecule is Cc1ccc(F)cc1S(=O)(=O)N1CCC(C=O)CC1. The molecule has 6 heteroatoms. The first-order valence-corrected chi connectivity index (χ1v) is 7.61. The van der Waals surface area contributed by atoms with Crippen LogP contribution in [0.2, 0.25) is 0 Å². The van der Waals surface area contributed by atoms with Crippen molar-refractivity contribution in [1.29, 1.82) is 0 Å². The Labute approximate surface area is 112 Å². The minimum atomic E-state index is -3.67. The summed E-state index contributed by atoms with van der Waals surface area (Å²) in [5.41, 5.74) is 0.527. The molecule has 0 N–H and O–H groups in total. The molecule has 0 atom stereocenters. The zero-order valence-electron chi connectivity index (χ0n) is 10.7. The summed E-state index contributed by atoms with van der Waals surface area (Å²) in [5, 5.41) is 0. The van der Waals surface area contributed by atoms with E-state index in [1.165, 1.54) is 16.4 Å². The van der Waals surface area contributed by atoms with Crippen LogP contribution in [0, 0.1) is 18.7 Å². The zero-order valence-corrected chi connectivity index (χ0v) is 11.5. The smallest absolute Gasteiger partial charge is 0.243 e. The highest BCUT2D eigenvalue weighted by Gasteiger charge is 2.30. The van der Waals surface area contributed by atoms with Crippen molar-refractivity contribution in [2.75, 3.05) is 13.1 Å². The van der Waals surface area contributed by atoms with Gasteiger partial charge in [-0.2, -0.15) is 4.31 Å². The highest BCUT2D eigenvalue weighted by molar-refractivity contribution is 7.89. The molecular weight excluding hydrogens is 269 g/mol. The van der Waals surface area contributed by atoms with Crippen LogP contribution in [0.5, 0.6) is 0 Å². The number of piperidine rings is 1. The molecule has 1 heterocycles. The molecule has 0 amide bonds. The topological polar surface area (TPSA) is 54.5 Å². The van der Waals surface area contributed by atoms with Gasteiger partial charge in [-0.15, -0.1) is 0 Å². The molecule has 1 aromatic rings. The van der Waals surface area contributed by atoms with Crippen LogP contribution < -0.4 is 0 Å². The second kappa shape index (κ2) is 5.38. The molecule has 104 valence electrons. The monoisotopic (exact) mass is 285 g/mol. The van der Waals surface area contributed by atoms with Crippen LogP contribution in [0.4, 0.5) is 4.39 Å². The number of aldehydes is 1. The van der Waals surface area contributed by atoms with E-state index in [-0.39, 0.29) is 10.8 Å². The molecular formula is C13H16FNO3S. The Balaban J connectivity index is 2.28. The van der Waals surface area contributed by atoms with Gasteiger partial charge < -0.3 is 4.79 Å². The molecule has 0 unspecified atom stereocenters. The maximum Gasteiger partial charge on any atom is 0.243 e. The lowest BCUT2D eigenvalue weighted by atomic mass is 10.0. The van der Waals surface area contributed by atoms with E-state index in [1.54, 1.807) is 6.92 Å². The van der Waals surface area contributed by atoms with Gasteiger partial charge in [-0.1, -0.05) is 6.07 Å². The summed E-state index contributed by atoms with van der Waals surface area (Å²) in [5.74, 6) is -0.632. The molecule has 0 saturated carbocycles. The van der Waals surface area contributed by atoms with Crippen molar-refractivity contribution in [3.8, 4) is 0 Å². The average molecular weight is 285 g/mol. The van der Waals surface area contributed by atoms with E-state index in [4.69, 9.17) is 0 Å². The van der Waals surface area contributed by atoms with Crippen LogP contribution in [0.15, 0.2) is 23.1 Å². The number of aryl methyl sites for hydroxylation is 1. The number of hydrogen-bond acceptors (Lipinski definition) is 3. The minimum Gasteiger partial charge on any atom is -0.303 e. The Bertz CT molecular complexity index is 578. The highest BCUT2D eigenvalue weighted by atomic mass is 32.2. The third kappa shape index (κ3) is 2.84. The maximum absolute atomic E-state index is 13.2. The van der Waals surface area contributed by atoms with Crippen molar-refractivity contribution < 1.29 is 17.6 Å². The van der Waals surface area contributed by atoms with Crippen LogP contribution in [0.25, 0.3) is 0 Å². The molecule has 4 nitrogen and oxygen atoms in total. The summed E-state index contributed by atoms with van der Waals surface area (Å²) in [4.78, 5) is 10.7. The van der Waals surface area contributed by atoms with Gasteiger partial charge in [0.2, 0.25) is 10.0 Å². The van der Waals surface area contributed by atoms with E-state index < -0.39 is 15.8 Å². The van der Waals surface area contributed by atoms with Gasteiger partial charge in [-0.05, 0) is 37.5 Å². The molecule has 0 spiro atoms. The molecule has 1 aliphatic heterocycles. The van der Waals surface area contributed by atoms with Crippen LogP contribution in [-0.2, 0) is 14.8 Å². The van der Waals surface area contributed by atoms with Crippen molar-refractivity contribution >= 4 is 16.3 Å². The Morgan fingerprint density at radius 1 is 1.32 bits per heavy atom. The first-order valence-electron chi connectivity index (χ1n) is 6.17. The van der Waals surface area contributed by atoms with Gasteiger partial charge in [0.15, 0.2) is 0 Å². The molecule has 0 radical (unpaired) electrons. The third-order valence-corrected chi connectivity index (χ3v) is 5.50. The first-order chi connectivity index (χ1) is 8.95. The molecule has 0 aliphatic carbocycles. The number of nitrogens with zero attached hydrogens (tertiary/aromatic N) is 1. The Hall–Kier alpha value is -1.27.